The molecule has 0 bridgehead atoms. The van der Waals surface area contributed by atoms with Crippen molar-refractivity contribution < 1.29 is 14.6 Å². The van der Waals surface area contributed by atoms with Crippen molar-refractivity contribution in [1.29, 1.82) is 0 Å². The summed E-state index contributed by atoms with van der Waals surface area (Å²) in [5, 5.41) is 8.93. The molecule has 86 valence electrons. The highest BCUT2D eigenvalue weighted by Gasteiger charge is 2.25. The van der Waals surface area contributed by atoms with Crippen LogP contribution in [0.3, 0.4) is 0 Å². The fourth-order valence-electron chi connectivity index (χ4n) is 1.75. The van der Waals surface area contributed by atoms with Crippen LogP contribution in [0.25, 0.3) is 0 Å². The lowest BCUT2D eigenvalue weighted by molar-refractivity contribution is -0.0235. The second-order valence-corrected chi connectivity index (χ2v) is 4.46. The molecule has 0 aromatic heterocycles. The van der Waals surface area contributed by atoms with Gasteiger partial charge in [0.1, 0.15) is 6.10 Å². The van der Waals surface area contributed by atoms with Crippen molar-refractivity contribution in [1.82, 2.24) is 4.90 Å². The van der Waals surface area contributed by atoms with Gasteiger partial charge in [-0.15, -0.1) is 0 Å². The third-order valence-corrected chi connectivity index (χ3v) is 3.31. The monoisotopic (exact) mass is 285 g/mol. The van der Waals surface area contributed by atoms with E-state index in [2.05, 4.69) is 15.9 Å². The smallest absolute Gasteiger partial charge is 0.407 e. The lowest BCUT2D eigenvalue weighted by atomic mass is 10.1. The van der Waals surface area contributed by atoms with E-state index in [-0.39, 0.29) is 6.10 Å². The maximum atomic E-state index is 10.9. The molecule has 1 aromatic carbocycles. The molecule has 1 fully saturated rings. The Morgan fingerprint density at radius 3 is 2.94 bits per heavy atom. The van der Waals surface area contributed by atoms with Crippen molar-refractivity contribution in [2.75, 3.05) is 19.7 Å². The molecule has 1 heterocycles. The molecule has 16 heavy (non-hydrogen) atoms. The Balaban J connectivity index is 2.16. The lowest BCUT2D eigenvalue weighted by Gasteiger charge is -2.31. The molecule has 5 heteroatoms. The van der Waals surface area contributed by atoms with E-state index in [1.54, 1.807) is 0 Å². The van der Waals surface area contributed by atoms with Gasteiger partial charge in [-0.25, -0.2) is 4.79 Å². The van der Waals surface area contributed by atoms with Crippen LogP contribution in [0, 0.1) is 0 Å². The van der Waals surface area contributed by atoms with Crippen molar-refractivity contribution >= 4 is 22.0 Å². The van der Waals surface area contributed by atoms with E-state index in [1.807, 2.05) is 24.3 Å². The zero-order valence-electron chi connectivity index (χ0n) is 8.60. The van der Waals surface area contributed by atoms with Gasteiger partial charge in [-0.05, 0) is 11.6 Å². The van der Waals surface area contributed by atoms with E-state index < -0.39 is 6.09 Å². The number of rotatable bonds is 1. The molecular weight excluding hydrogens is 274 g/mol. The summed E-state index contributed by atoms with van der Waals surface area (Å²) in [6, 6.07) is 7.72. The summed E-state index contributed by atoms with van der Waals surface area (Å²) in [4.78, 5) is 12.3. The normalized spacial score (nSPS) is 20.8. The third kappa shape index (κ3) is 2.36. The van der Waals surface area contributed by atoms with Gasteiger partial charge in [0, 0.05) is 11.0 Å². The van der Waals surface area contributed by atoms with Crippen LogP contribution in [0.15, 0.2) is 28.7 Å². The first kappa shape index (κ1) is 11.4. The van der Waals surface area contributed by atoms with E-state index in [0.29, 0.717) is 19.7 Å². The number of ether oxygens (including phenoxy) is 1. The standard InChI is InChI=1S/C11H12BrNO3/c12-9-4-2-1-3-8(9)10-7-13(11(14)15)5-6-16-10/h1-4,10H,5-7H2,(H,14,15). The SMILES string of the molecule is O=C(O)N1CCOC(c2ccccc2Br)C1. The molecule has 1 aliphatic heterocycles. The van der Waals surface area contributed by atoms with E-state index in [0.717, 1.165) is 10.0 Å². The van der Waals surface area contributed by atoms with Gasteiger partial charge in [-0.1, -0.05) is 34.1 Å². The van der Waals surface area contributed by atoms with Crippen LogP contribution >= 0.6 is 15.9 Å². The number of carboxylic acid groups (broad SMARTS) is 1. The average molecular weight is 286 g/mol. The van der Waals surface area contributed by atoms with Crippen LogP contribution in [-0.2, 0) is 4.74 Å². The molecule has 1 aromatic rings. The van der Waals surface area contributed by atoms with Crippen molar-refractivity contribution in [2.45, 2.75) is 6.10 Å². The number of hydrogen-bond donors (Lipinski definition) is 1. The summed E-state index contributed by atoms with van der Waals surface area (Å²) in [7, 11) is 0. The van der Waals surface area contributed by atoms with Gasteiger partial charge in [0.25, 0.3) is 0 Å². The number of carbonyl (C=O) groups is 1. The fourth-order valence-corrected chi connectivity index (χ4v) is 2.29. The summed E-state index contributed by atoms with van der Waals surface area (Å²) in [6.07, 6.45) is -1.07. The molecule has 1 N–H and O–H groups in total. The molecule has 1 atom stereocenters. The van der Waals surface area contributed by atoms with Crippen LogP contribution in [0.5, 0.6) is 0 Å². The van der Waals surface area contributed by atoms with Crippen LogP contribution in [0.1, 0.15) is 11.7 Å². The minimum Gasteiger partial charge on any atom is -0.465 e. The maximum Gasteiger partial charge on any atom is 0.407 e. The van der Waals surface area contributed by atoms with Crippen LogP contribution in [0.4, 0.5) is 4.79 Å². The first-order valence-electron chi connectivity index (χ1n) is 5.02. The minimum atomic E-state index is -0.889. The lowest BCUT2D eigenvalue weighted by Crippen LogP contribution is -2.41. The Hall–Kier alpha value is -1.07. The van der Waals surface area contributed by atoms with Crippen molar-refractivity contribution in [3.05, 3.63) is 34.3 Å². The molecule has 4 nitrogen and oxygen atoms in total. The average Bonchev–Trinajstić information content (AvgIpc) is 2.30. The summed E-state index contributed by atoms with van der Waals surface area (Å²) in [6.45, 7) is 1.27. The first-order valence-corrected chi connectivity index (χ1v) is 5.81. The highest BCUT2D eigenvalue weighted by Crippen LogP contribution is 2.28. The molecular formula is C11H12BrNO3. The molecule has 2 rings (SSSR count). The second kappa shape index (κ2) is 4.84. The highest BCUT2D eigenvalue weighted by molar-refractivity contribution is 9.10. The Morgan fingerprint density at radius 2 is 2.25 bits per heavy atom. The molecule has 0 aliphatic carbocycles. The van der Waals surface area contributed by atoms with E-state index in [4.69, 9.17) is 9.84 Å². The number of nitrogens with zero attached hydrogens (tertiary/aromatic N) is 1. The zero-order chi connectivity index (χ0) is 11.5. The number of amides is 1. The van der Waals surface area contributed by atoms with Gasteiger partial charge in [0.05, 0.1) is 13.2 Å². The summed E-state index contributed by atoms with van der Waals surface area (Å²) < 4.78 is 6.54. The molecule has 0 spiro atoms. The van der Waals surface area contributed by atoms with E-state index in [9.17, 15) is 4.79 Å². The number of halogens is 1. The molecule has 0 radical (unpaired) electrons. The van der Waals surface area contributed by atoms with E-state index >= 15 is 0 Å². The quantitative estimate of drug-likeness (QED) is 0.863. The topological polar surface area (TPSA) is 49.8 Å². The summed E-state index contributed by atoms with van der Waals surface area (Å²) >= 11 is 3.44. The third-order valence-electron chi connectivity index (χ3n) is 2.59. The Labute approximate surface area is 102 Å². The van der Waals surface area contributed by atoms with Crippen molar-refractivity contribution in [3.8, 4) is 0 Å². The number of morpholine rings is 1. The van der Waals surface area contributed by atoms with E-state index in [1.165, 1.54) is 4.90 Å². The largest absolute Gasteiger partial charge is 0.465 e. The Morgan fingerprint density at radius 1 is 1.50 bits per heavy atom. The summed E-state index contributed by atoms with van der Waals surface area (Å²) in [5.74, 6) is 0. The predicted molar refractivity (Wildman–Crippen MR) is 62.4 cm³/mol. The van der Waals surface area contributed by atoms with Gasteiger partial charge in [0.15, 0.2) is 0 Å². The molecule has 1 amide bonds. The number of benzene rings is 1. The molecule has 1 saturated heterocycles. The van der Waals surface area contributed by atoms with Crippen molar-refractivity contribution in [3.63, 3.8) is 0 Å². The van der Waals surface area contributed by atoms with Gasteiger partial charge < -0.3 is 14.7 Å². The minimum absolute atomic E-state index is 0.180. The maximum absolute atomic E-state index is 10.9. The van der Waals surface area contributed by atoms with Crippen LogP contribution in [0.2, 0.25) is 0 Å². The zero-order valence-corrected chi connectivity index (χ0v) is 10.2. The van der Waals surface area contributed by atoms with Gasteiger partial charge in [0.2, 0.25) is 0 Å². The highest BCUT2D eigenvalue weighted by atomic mass is 79.9. The Bertz CT molecular complexity index is 397. The second-order valence-electron chi connectivity index (χ2n) is 3.61. The molecule has 1 aliphatic rings. The molecule has 0 saturated carbocycles. The van der Waals surface area contributed by atoms with Gasteiger partial charge in [-0.3, -0.25) is 0 Å². The van der Waals surface area contributed by atoms with Crippen molar-refractivity contribution in [2.24, 2.45) is 0 Å². The summed E-state index contributed by atoms with van der Waals surface area (Å²) in [5.41, 5.74) is 0.994. The predicted octanol–water partition coefficient (Wildman–Crippen LogP) is 2.50. The van der Waals surface area contributed by atoms with Gasteiger partial charge in [-0.2, -0.15) is 0 Å². The number of hydrogen-bond acceptors (Lipinski definition) is 2. The Kier molecular flexibility index (Phi) is 3.46. The first-order chi connectivity index (χ1) is 7.68. The van der Waals surface area contributed by atoms with Gasteiger partial charge >= 0.3 is 6.09 Å². The molecule has 1 unspecified atom stereocenters. The fraction of sp³-hybridized carbons (Fsp3) is 0.364. The van der Waals surface area contributed by atoms with Crippen LogP contribution in [-0.4, -0.2) is 35.8 Å². The van der Waals surface area contributed by atoms with Crippen LogP contribution < -0.4 is 0 Å².